The zero-order valence-electron chi connectivity index (χ0n) is 12.3. The molecule has 0 saturated heterocycles. The molecule has 1 aliphatic heterocycles. The smallest absolute Gasteiger partial charge is 0.125 e. The van der Waals surface area contributed by atoms with E-state index in [4.69, 9.17) is 5.73 Å². The first-order valence-electron chi connectivity index (χ1n) is 7.50. The Morgan fingerprint density at radius 3 is 3.05 bits per heavy atom. The van der Waals surface area contributed by atoms with Crippen molar-refractivity contribution in [3.05, 3.63) is 47.5 Å². The minimum absolute atomic E-state index is 0.0543. The van der Waals surface area contributed by atoms with Crippen LogP contribution in [0.5, 0.6) is 0 Å². The number of fused-ring (bicyclic) bond motifs is 1. The first kappa shape index (κ1) is 14.1. The van der Waals surface area contributed by atoms with Crippen LogP contribution in [0.1, 0.15) is 30.5 Å². The van der Waals surface area contributed by atoms with Crippen molar-refractivity contribution in [2.75, 3.05) is 18.0 Å². The summed E-state index contributed by atoms with van der Waals surface area (Å²) in [7, 11) is 0. The zero-order valence-corrected chi connectivity index (χ0v) is 12.3. The number of hydrogen-bond donors (Lipinski definition) is 1. The van der Waals surface area contributed by atoms with Crippen LogP contribution in [0.3, 0.4) is 0 Å². The van der Waals surface area contributed by atoms with Gasteiger partial charge < -0.3 is 10.6 Å². The van der Waals surface area contributed by atoms with Gasteiger partial charge in [0.2, 0.25) is 0 Å². The van der Waals surface area contributed by atoms with Gasteiger partial charge in [-0.15, -0.1) is 0 Å². The third-order valence-corrected chi connectivity index (χ3v) is 4.07. The van der Waals surface area contributed by atoms with Crippen molar-refractivity contribution in [2.45, 2.75) is 32.4 Å². The molecule has 21 heavy (non-hydrogen) atoms. The van der Waals surface area contributed by atoms with E-state index in [1.807, 2.05) is 16.9 Å². The van der Waals surface area contributed by atoms with Gasteiger partial charge >= 0.3 is 0 Å². The third kappa shape index (κ3) is 2.65. The molecular weight excluding hydrogens is 267 g/mol. The molecule has 2 heterocycles. The van der Waals surface area contributed by atoms with Crippen molar-refractivity contribution < 1.29 is 4.39 Å². The first-order chi connectivity index (χ1) is 10.2. The minimum Gasteiger partial charge on any atom is -0.362 e. The fourth-order valence-electron chi connectivity index (χ4n) is 3.05. The summed E-state index contributed by atoms with van der Waals surface area (Å²) in [4.78, 5) is 2.20. The van der Waals surface area contributed by atoms with Gasteiger partial charge in [-0.3, -0.25) is 4.68 Å². The van der Waals surface area contributed by atoms with Gasteiger partial charge in [-0.2, -0.15) is 5.10 Å². The Balaban J connectivity index is 1.89. The molecular formula is C16H21FN4. The maximum atomic E-state index is 13.5. The molecule has 2 N–H and O–H groups in total. The van der Waals surface area contributed by atoms with E-state index in [9.17, 15) is 4.39 Å². The molecule has 4 nitrogen and oxygen atoms in total. The van der Waals surface area contributed by atoms with Crippen molar-refractivity contribution in [1.29, 1.82) is 0 Å². The molecule has 1 aliphatic rings. The normalized spacial score (nSPS) is 15.3. The van der Waals surface area contributed by atoms with Crippen LogP contribution in [0.4, 0.5) is 10.1 Å². The highest BCUT2D eigenvalue weighted by molar-refractivity contribution is 5.59. The Morgan fingerprint density at radius 1 is 1.43 bits per heavy atom. The number of hydrogen-bond acceptors (Lipinski definition) is 3. The van der Waals surface area contributed by atoms with Crippen molar-refractivity contribution in [2.24, 2.45) is 5.73 Å². The largest absolute Gasteiger partial charge is 0.362 e. The SMILES string of the molecule is CCCn1cc(C(CN)N2CCc3ccc(F)cc32)cn1. The number of anilines is 1. The standard InChI is InChI=1S/C16H21FN4/c1-2-6-20-11-13(10-19-20)16(9-18)21-7-5-12-3-4-14(17)8-15(12)21/h3-4,8,10-11,16H,2,5-7,9,18H2,1H3. The molecule has 112 valence electrons. The van der Waals surface area contributed by atoms with E-state index in [1.165, 1.54) is 11.6 Å². The van der Waals surface area contributed by atoms with E-state index < -0.39 is 0 Å². The molecule has 0 bridgehead atoms. The second-order valence-corrected chi connectivity index (χ2v) is 5.50. The van der Waals surface area contributed by atoms with Gasteiger partial charge in [-0.1, -0.05) is 13.0 Å². The van der Waals surface area contributed by atoms with Crippen molar-refractivity contribution in [3.8, 4) is 0 Å². The van der Waals surface area contributed by atoms with Crippen LogP contribution in [0.25, 0.3) is 0 Å². The van der Waals surface area contributed by atoms with Crippen molar-refractivity contribution >= 4 is 5.69 Å². The van der Waals surface area contributed by atoms with Crippen molar-refractivity contribution in [3.63, 3.8) is 0 Å². The minimum atomic E-state index is -0.196. The quantitative estimate of drug-likeness (QED) is 0.919. The first-order valence-corrected chi connectivity index (χ1v) is 7.50. The monoisotopic (exact) mass is 288 g/mol. The van der Waals surface area contributed by atoms with Gasteiger partial charge in [0.15, 0.2) is 0 Å². The Bertz CT molecular complexity index is 622. The Morgan fingerprint density at radius 2 is 2.29 bits per heavy atom. The lowest BCUT2D eigenvalue weighted by Crippen LogP contribution is -2.32. The summed E-state index contributed by atoms with van der Waals surface area (Å²) in [6.45, 7) is 4.40. The lowest BCUT2D eigenvalue weighted by atomic mass is 10.1. The summed E-state index contributed by atoms with van der Waals surface area (Å²) in [6, 6.07) is 5.07. The van der Waals surface area contributed by atoms with Crippen LogP contribution in [-0.2, 0) is 13.0 Å². The summed E-state index contributed by atoms with van der Waals surface area (Å²) >= 11 is 0. The van der Waals surface area contributed by atoms with Crippen LogP contribution in [0, 0.1) is 5.82 Å². The van der Waals surface area contributed by atoms with E-state index in [-0.39, 0.29) is 11.9 Å². The Labute approximate surface area is 124 Å². The number of nitrogens with zero attached hydrogens (tertiary/aromatic N) is 3. The summed E-state index contributed by atoms with van der Waals surface area (Å²) in [5.41, 5.74) is 9.25. The predicted molar refractivity (Wildman–Crippen MR) is 81.8 cm³/mol. The zero-order chi connectivity index (χ0) is 14.8. The molecule has 0 spiro atoms. The average molecular weight is 288 g/mol. The molecule has 2 aromatic rings. The Hall–Kier alpha value is -1.88. The molecule has 0 radical (unpaired) electrons. The van der Waals surface area contributed by atoms with Gasteiger partial charge in [0, 0.05) is 37.1 Å². The topological polar surface area (TPSA) is 47.1 Å². The predicted octanol–water partition coefficient (Wildman–Crippen LogP) is 2.49. The van der Waals surface area contributed by atoms with E-state index in [0.717, 1.165) is 37.2 Å². The summed E-state index contributed by atoms with van der Waals surface area (Å²) in [6.07, 6.45) is 5.92. The number of rotatable bonds is 5. The van der Waals surface area contributed by atoms with Gasteiger partial charge in [0.05, 0.1) is 12.2 Å². The fraction of sp³-hybridized carbons (Fsp3) is 0.438. The highest BCUT2D eigenvalue weighted by Gasteiger charge is 2.27. The highest BCUT2D eigenvalue weighted by Crippen LogP contribution is 2.35. The van der Waals surface area contributed by atoms with Gasteiger partial charge in [0.25, 0.3) is 0 Å². The molecule has 0 saturated carbocycles. The molecule has 3 rings (SSSR count). The number of aryl methyl sites for hydroxylation is 1. The van der Waals surface area contributed by atoms with Crippen LogP contribution >= 0.6 is 0 Å². The second kappa shape index (κ2) is 5.85. The number of halogens is 1. The number of nitrogens with two attached hydrogens (primary N) is 1. The lowest BCUT2D eigenvalue weighted by molar-refractivity contribution is 0.598. The van der Waals surface area contributed by atoms with Gasteiger partial charge in [-0.05, 0) is 30.5 Å². The molecule has 1 aromatic heterocycles. The maximum Gasteiger partial charge on any atom is 0.125 e. The maximum absolute atomic E-state index is 13.5. The van der Waals surface area contributed by atoms with Gasteiger partial charge in [0.1, 0.15) is 5.82 Å². The molecule has 1 atom stereocenters. The van der Waals surface area contributed by atoms with E-state index >= 15 is 0 Å². The van der Waals surface area contributed by atoms with Crippen molar-refractivity contribution in [1.82, 2.24) is 9.78 Å². The fourth-order valence-corrected chi connectivity index (χ4v) is 3.05. The molecule has 1 unspecified atom stereocenters. The summed E-state index contributed by atoms with van der Waals surface area (Å²) in [5.74, 6) is -0.196. The van der Waals surface area contributed by atoms with E-state index in [1.54, 1.807) is 6.07 Å². The highest BCUT2D eigenvalue weighted by atomic mass is 19.1. The third-order valence-electron chi connectivity index (χ3n) is 4.07. The van der Waals surface area contributed by atoms with E-state index in [0.29, 0.717) is 6.54 Å². The van der Waals surface area contributed by atoms with Crippen LogP contribution in [-0.4, -0.2) is 22.9 Å². The summed E-state index contributed by atoms with van der Waals surface area (Å²) < 4.78 is 15.5. The van der Waals surface area contributed by atoms with Crippen LogP contribution in [0.2, 0.25) is 0 Å². The summed E-state index contributed by atoms with van der Waals surface area (Å²) in [5, 5.41) is 4.38. The lowest BCUT2D eigenvalue weighted by Gasteiger charge is -2.28. The van der Waals surface area contributed by atoms with Crippen LogP contribution in [0.15, 0.2) is 30.6 Å². The number of benzene rings is 1. The molecule has 0 fully saturated rings. The molecule has 5 heteroatoms. The second-order valence-electron chi connectivity index (χ2n) is 5.50. The molecule has 0 aliphatic carbocycles. The van der Waals surface area contributed by atoms with Crippen LogP contribution < -0.4 is 10.6 Å². The molecule has 1 aromatic carbocycles. The molecule has 0 amide bonds. The Kier molecular flexibility index (Phi) is 3.92. The van der Waals surface area contributed by atoms with Gasteiger partial charge in [-0.25, -0.2) is 4.39 Å². The van der Waals surface area contributed by atoms with E-state index in [2.05, 4.69) is 23.1 Å². The number of aromatic nitrogens is 2. The average Bonchev–Trinajstić information content (AvgIpc) is 3.08.